The first-order chi connectivity index (χ1) is 8.35. The average molecular weight is 270 g/mol. The summed E-state index contributed by atoms with van der Waals surface area (Å²) in [6.45, 7) is 5.86. The highest BCUT2D eigenvalue weighted by Gasteiger charge is 2.37. The summed E-state index contributed by atoms with van der Waals surface area (Å²) in [6.07, 6.45) is 8.80. The Kier molecular flexibility index (Phi) is 5.44. The molecule has 1 amide bonds. The molecule has 0 aromatic carbocycles. The Morgan fingerprint density at radius 2 is 2.22 bits per heavy atom. The number of nitrogens with two attached hydrogens (primary N) is 1. The van der Waals surface area contributed by atoms with E-state index in [0.29, 0.717) is 18.8 Å². The molecule has 0 fully saturated rings. The molecule has 1 rings (SSSR count). The van der Waals surface area contributed by atoms with E-state index in [2.05, 4.69) is 4.72 Å². The zero-order valence-electron chi connectivity index (χ0n) is 11.2. The maximum absolute atomic E-state index is 12.2. The molecule has 3 N–H and O–H groups in total. The van der Waals surface area contributed by atoms with Crippen molar-refractivity contribution in [1.82, 2.24) is 4.72 Å². The summed E-state index contributed by atoms with van der Waals surface area (Å²) < 4.78 is 14.1. The molecule has 102 valence electrons. The summed E-state index contributed by atoms with van der Waals surface area (Å²) in [5.74, 6) is -0.00140. The maximum Gasteiger partial charge on any atom is 0.278 e. The first-order valence-corrected chi connectivity index (χ1v) is 7.32. The summed E-state index contributed by atoms with van der Waals surface area (Å²) in [5.41, 5.74) is 5.76. The van der Waals surface area contributed by atoms with E-state index in [1.165, 1.54) is 0 Å². The second-order valence-electron chi connectivity index (χ2n) is 5.28. The van der Waals surface area contributed by atoms with Gasteiger partial charge in [0.05, 0.1) is 17.4 Å². The van der Waals surface area contributed by atoms with Crippen molar-refractivity contribution in [3.8, 4) is 0 Å². The summed E-state index contributed by atoms with van der Waals surface area (Å²) in [6, 6.07) is -0.597. The number of rotatable bonds is 5. The van der Waals surface area contributed by atoms with Gasteiger partial charge in [-0.3, -0.25) is 4.79 Å². The van der Waals surface area contributed by atoms with E-state index in [4.69, 9.17) is 5.73 Å². The topological polar surface area (TPSA) is 78.2 Å². The van der Waals surface area contributed by atoms with Gasteiger partial charge < -0.3 is 10.3 Å². The molecule has 1 aliphatic rings. The standard InChI is InChI=1S/C13H22N2O2S/c1-10(2)9-11(14)12(16)15-18(17)13(3)7-5-4-6-8-13/h4-7,10-11H,8-9,14H2,1-3H3,(H,15,16)/t11-,13?,18-/m0/s1. The number of allylic oxidation sites excluding steroid dienone is 3. The summed E-state index contributed by atoms with van der Waals surface area (Å²) in [5, 5.41) is 0. The molecule has 1 unspecified atom stereocenters. The molecule has 0 saturated heterocycles. The highest BCUT2D eigenvalue weighted by Crippen LogP contribution is 2.25. The van der Waals surface area contributed by atoms with Crippen molar-refractivity contribution in [2.75, 3.05) is 0 Å². The third kappa shape index (κ3) is 4.15. The zero-order valence-corrected chi connectivity index (χ0v) is 12.0. The maximum atomic E-state index is 12.2. The monoisotopic (exact) mass is 270 g/mol. The Bertz CT molecular complexity index is 355. The van der Waals surface area contributed by atoms with Crippen LogP contribution in [0.1, 0.15) is 33.6 Å². The van der Waals surface area contributed by atoms with Gasteiger partial charge in [0.2, 0.25) is 0 Å². The minimum absolute atomic E-state index is 0.340. The summed E-state index contributed by atoms with van der Waals surface area (Å²) >= 11 is -1.46. The van der Waals surface area contributed by atoms with Gasteiger partial charge in [0.1, 0.15) is 0 Å². The van der Waals surface area contributed by atoms with Gasteiger partial charge in [-0.1, -0.05) is 32.1 Å². The van der Waals surface area contributed by atoms with Crippen LogP contribution in [-0.2, 0) is 16.2 Å². The van der Waals surface area contributed by atoms with E-state index >= 15 is 0 Å². The van der Waals surface area contributed by atoms with Gasteiger partial charge in [0.25, 0.3) is 5.91 Å². The van der Waals surface area contributed by atoms with E-state index in [1.807, 2.05) is 45.1 Å². The lowest BCUT2D eigenvalue weighted by Crippen LogP contribution is -2.50. The molecule has 0 saturated carbocycles. The molecule has 0 aromatic rings. The second-order valence-corrected chi connectivity index (χ2v) is 6.95. The first kappa shape index (κ1) is 15.3. The fourth-order valence-electron chi connectivity index (χ4n) is 1.74. The SMILES string of the molecule is CC(C)C[C@H](N)C(=O)N[S@@+]([O-])C1(C)C=CC=CC1. The van der Waals surface area contributed by atoms with Crippen LogP contribution < -0.4 is 10.5 Å². The van der Waals surface area contributed by atoms with Crippen LogP contribution in [-0.4, -0.2) is 21.2 Å². The number of amides is 1. The molecule has 18 heavy (non-hydrogen) atoms. The predicted molar refractivity (Wildman–Crippen MR) is 75.0 cm³/mol. The number of carbonyl (C=O) groups excluding carboxylic acids is 1. The largest absolute Gasteiger partial charge is 0.592 e. The minimum atomic E-state index is -1.46. The van der Waals surface area contributed by atoms with Gasteiger partial charge in [0, 0.05) is 6.42 Å². The molecular formula is C13H22N2O2S. The number of hydrogen-bond acceptors (Lipinski definition) is 3. The van der Waals surface area contributed by atoms with Crippen LogP contribution in [0.2, 0.25) is 0 Å². The molecule has 5 heteroatoms. The van der Waals surface area contributed by atoms with Crippen molar-refractivity contribution in [2.45, 2.75) is 44.4 Å². The quantitative estimate of drug-likeness (QED) is 0.742. The highest BCUT2D eigenvalue weighted by molar-refractivity contribution is 7.91. The van der Waals surface area contributed by atoms with Crippen molar-refractivity contribution in [3.63, 3.8) is 0 Å². The minimum Gasteiger partial charge on any atom is -0.592 e. The van der Waals surface area contributed by atoms with Crippen LogP contribution in [0.15, 0.2) is 24.3 Å². The van der Waals surface area contributed by atoms with E-state index < -0.39 is 22.2 Å². The van der Waals surface area contributed by atoms with Gasteiger partial charge in [-0.05, 0) is 25.3 Å². The van der Waals surface area contributed by atoms with Crippen molar-refractivity contribution in [3.05, 3.63) is 24.3 Å². The van der Waals surface area contributed by atoms with E-state index in [1.54, 1.807) is 0 Å². The molecule has 0 aliphatic heterocycles. The van der Waals surface area contributed by atoms with Gasteiger partial charge in [-0.15, -0.1) is 0 Å². The van der Waals surface area contributed by atoms with Gasteiger partial charge in [-0.25, -0.2) is 0 Å². The molecule has 0 spiro atoms. The van der Waals surface area contributed by atoms with E-state index in [0.717, 1.165) is 0 Å². The summed E-state index contributed by atoms with van der Waals surface area (Å²) in [4.78, 5) is 11.8. The van der Waals surface area contributed by atoms with Crippen LogP contribution in [0.3, 0.4) is 0 Å². The summed E-state index contributed by atoms with van der Waals surface area (Å²) in [7, 11) is 0. The Balaban J connectivity index is 2.54. The Morgan fingerprint density at radius 1 is 1.56 bits per heavy atom. The number of nitrogens with one attached hydrogen (secondary N) is 1. The molecule has 0 radical (unpaired) electrons. The van der Waals surface area contributed by atoms with Crippen LogP contribution >= 0.6 is 0 Å². The average Bonchev–Trinajstić information content (AvgIpc) is 2.28. The molecule has 0 heterocycles. The molecule has 3 atom stereocenters. The Hall–Kier alpha value is -0.780. The van der Waals surface area contributed by atoms with Crippen LogP contribution in [0, 0.1) is 5.92 Å². The Morgan fingerprint density at radius 3 is 2.72 bits per heavy atom. The van der Waals surface area contributed by atoms with Crippen molar-refractivity contribution in [1.29, 1.82) is 0 Å². The van der Waals surface area contributed by atoms with Crippen LogP contribution in [0.4, 0.5) is 0 Å². The van der Waals surface area contributed by atoms with E-state index in [9.17, 15) is 9.35 Å². The van der Waals surface area contributed by atoms with Crippen molar-refractivity contribution < 1.29 is 9.35 Å². The van der Waals surface area contributed by atoms with Crippen LogP contribution in [0.25, 0.3) is 0 Å². The fraction of sp³-hybridized carbons (Fsp3) is 0.615. The lowest BCUT2D eigenvalue weighted by atomic mass is 10.0. The second kappa shape index (κ2) is 6.41. The highest BCUT2D eigenvalue weighted by atomic mass is 32.2. The third-order valence-electron chi connectivity index (χ3n) is 2.90. The molecule has 0 aromatic heterocycles. The lowest BCUT2D eigenvalue weighted by Gasteiger charge is -2.29. The van der Waals surface area contributed by atoms with Gasteiger partial charge in [0.15, 0.2) is 4.75 Å². The van der Waals surface area contributed by atoms with Gasteiger partial charge >= 0.3 is 0 Å². The predicted octanol–water partition coefficient (Wildman–Crippen LogP) is 1.41. The van der Waals surface area contributed by atoms with Gasteiger partial charge in [-0.2, -0.15) is 4.72 Å². The fourth-order valence-corrected chi connectivity index (χ4v) is 2.76. The molecule has 1 aliphatic carbocycles. The lowest BCUT2D eigenvalue weighted by molar-refractivity contribution is -0.120. The molecule has 4 nitrogen and oxygen atoms in total. The van der Waals surface area contributed by atoms with Crippen LogP contribution in [0.5, 0.6) is 0 Å². The molecular weight excluding hydrogens is 248 g/mol. The molecule has 0 bridgehead atoms. The number of hydrogen-bond donors (Lipinski definition) is 2. The Labute approximate surface area is 112 Å². The zero-order chi connectivity index (χ0) is 13.8. The normalized spacial score (nSPS) is 26.1. The van der Waals surface area contributed by atoms with E-state index in [-0.39, 0.29) is 5.91 Å². The number of carbonyl (C=O) groups is 1. The van der Waals surface area contributed by atoms with Crippen molar-refractivity contribution in [2.24, 2.45) is 11.7 Å². The van der Waals surface area contributed by atoms with Crippen molar-refractivity contribution >= 4 is 17.3 Å². The first-order valence-electron chi connectivity index (χ1n) is 6.17. The smallest absolute Gasteiger partial charge is 0.278 e. The third-order valence-corrected chi connectivity index (χ3v) is 4.43.